The maximum atomic E-state index is 13.1. The lowest BCUT2D eigenvalue weighted by molar-refractivity contribution is -0.908. The summed E-state index contributed by atoms with van der Waals surface area (Å²) >= 11 is 5.15. The molecule has 2 aromatic rings. The number of nitrogens with zero attached hydrogens (tertiary/aromatic N) is 1. The molecule has 1 aromatic carbocycles. The van der Waals surface area contributed by atoms with Crippen molar-refractivity contribution in [1.82, 2.24) is 9.55 Å². The number of aromatic nitrogens is 2. The average Bonchev–Trinajstić information content (AvgIpc) is 3.10. The van der Waals surface area contributed by atoms with Crippen molar-refractivity contribution in [3.63, 3.8) is 0 Å². The summed E-state index contributed by atoms with van der Waals surface area (Å²) in [6.07, 6.45) is 0.781. The number of benzene rings is 1. The minimum absolute atomic E-state index is 0.121. The van der Waals surface area contributed by atoms with Crippen LogP contribution in [0, 0.1) is 4.77 Å². The smallest absolute Gasteiger partial charge is 0.260 e. The summed E-state index contributed by atoms with van der Waals surface area (Å²) in [4.78, 5) is 16.5. The second kappa shape index (κ2) is 6.58. The van der Waals surface area contributed by atoms with Crippen molar-refractivity contribution >= 4 is 12.2 Å². The molecule has 0 amide bonds. The Morgan fingerprint density at radius 1 is 1.44 bits per heavy atom. The van der Waals surface area contributed by atoms with E-state index in [-0.39, 0.29) is 23.0 Å². The van der Waals surface area contributed by atoms with E-state index in [4.69, 9.17) is 26.4 Å². The highest BCUT2D eigenvalue weighted by molar-refractivity contribution is 7.71. The van der Waals surface area contributed by atoms with E-state index >= 15 is 0 Å². The lowest BCUT2D eigenvalue weighted by Gasteiger charge is -2.35. The van der Waals surface area contributed by atoms with Crippen LogP contribution in [-0.2, 0) is 13.0 Å². The van der Waals surface area contributed by atoms with Gasteiger partial charge in [-0.2, -0.15) is 0 Å². The van der Waals surface area contributed by atoms with E-state index in [1.807, 2.05) is 20.0 Å². The Kier molecular flexibility index (Phi) is 4.35. The topological polar surface area (TPSA) is 93.0 Å². The maximum absolute atomic E-state index is 13.1. The summed E-state index contributed by atoms with van der Waals surface area (Å²) in [6.45, 7) is 3.10. The number of H-pyrrole nitrogens is 1. The Morgan fingerprint density at radius 3 is 2.93 bits per heavy atom. The molecule has 0 fully saturated rings. The van der Waals surface area contributed by atoms with Gasteiger partial charge in [-0.1, -0.05) is 0 Å². The molecule has 0 bridgehead atoms. The Morgan fingerprint density at radius 2 is 2.22 bits per heavy atom. The molecule has 1 aromatic heterocycles. The number of ether oxygens (including phenoxy) is 3. The van der Waals surface area contributed by atoms with E-state index in [2.05, 4.69) is 4.98 Å². The van der Waals surface area contributed by atoms with Gasteiger partial charge in [0, 0.05) is 13.0 Å². The van der Waals surface area contributed by atoms with Crippen LogP contribution in [0.15, 0.2) is 10.9 Å². The molecule has 2 atom stereocenters. The molecule has 0 spiro atoms. The van der Waals surface area contributed by atoms with Crippen molar-refractivity contribution < 1.29 is 24.2 Å². The first kappa shape index (κ1) is 17.9. The molecule has 2 aliphatic rings. The average molecular weight is 391 g/mol. The normalized spacial score (nSPS) is 20.4. The third kappa shape index (κ3) is 2.61. The van der Waals surface area contributed by atoms with Crippen molar-refractivity contribution in [3.05, 3.63) is 37.9 Å². The van der Waals surface area contributed by atoms with Crippen molar-refractivity contribution in [2.24, 2.45) is 0 Å². The Balaban J connectivity index is 2.03. The molecular weight excluding hydrogens is 370 g/mol. The zero-order valence-corrected chi connectivity index (χ0v) is 16.2. The lowest BCUT2D eigenvalue weighted by Crippen LogP contribution is -3.10. The fourth-order valence-corrected chi connectivity index (χ4v) is 4.33. The number of fused-ring (bicyclic) bond motifs is 2. The highest BCUT2D eigenvalue weighted by atomic mass is 32.1. The van der Waals surface area contributed by atoms with Crippen molar-refractivity contribution in [3.8, 4) is 23.1 Å². The summed E-state index contributed by atoms with van der Waals surface area (Å²) in [5.74, 6) is 1.31. The molecular formula is C18H21N3O5S. The summed E-state index contributed by atoms with van der Waals surface area (Å²) < 4.78 is 18.3. The van der Waals surface area contributed by atoms with E-state index in [1.165, 1.54) is 4.57 Å². The van der Waals surface area contributed by atoms with Crippen LogP contribution in [0.2, 0.25) is 0 Å². The fraction of sp³-hybridized carbons (Fsp3) is 0.444. The summed E-state index contributed by atoms with van der Waals surface area (Å²) in [6, 6.07) is 1.44. The van der Waals surface area contributed by atoms with E-state index < -0.39 is 11.6 Å². The third-order valence-corrected chi connectivity index (χ3v) is 5.63. The maximum Gasteiger partial charge on any atom is 0.260 e. The number of quaternary nitrogens is 1. The predicted molar refractivity (Wildman–Crippen MR) is 97.4 cm³/mol. The van der Waals surface area contributed by atoms with Gasteiger partial charge in [-0.25, -0.2) is 0 Å². The second-order valence-corrected chi connectivity index (χ2v) is 7.10. The van der Waals surface area contributed by atoms with Gasteiger partial charge < -0.3 is 28.8 Å². The fourth-order valence-electron chi connectivity index (χ4n) is 4.03. The number of aromatic amines is 1. The molecule has 2 aliphatic heterocycles. The number of nitrogens with one attached hydrogen (secondary N) is 2. The molecule has 3 heterocycles. The molecule has 0 aliphatic carbocycles. The molecule has 4 rings (SSSR count). The minimum atomic E-state index is -0.483. The summed E-state index contributed by atoms with van der Waals surface area (Å²) in [5.41, 5.74) is 1.51. The van der Waals surface area contributed by atoms with Crippen molar-refractivity contribution in [2.75, 3.05) is 27.5 Å². The first-order valence-corrected chi connectivity index (χ1v) is 9.24. The molecule has 8 nitrogen and oxygen atoms in total. The first-order valence-electron chi connectivity index (χ1n) is 8.83. The van der Waals surface area contributed by atoms with E-state index in [1.54, 1.807) is 7.11 Å². The molecule has 0 saturated carbocycles. The van der Waals surface area contributed by atoms with Crippen molar-refractivity contribution in [1.29, 1.82) is 0 Å². The third-order valence-electron chi connectivity index (χ3n) is 5.31. The zero-order chi connectivity index (χ0) is 19.3. The summed E-state index contributed by atoms with van der Waals surface area (Å²) in [5, 5.41) is 13.1. The molecule has 144 valence electrons. The lowest BCUT2D eigenvalue weighted by atomic mass is 9.87. The van der Waals surface area contributed by atoms with Crippen LogP contribution in [0.3, 0.4) is 0 Å². The van der Waals surface area contributed by atoms with Gasteiger partial charge in [0.25, 0.3) is 5.56 Å². The van der Waals surface area contributed by atoms with E-state index in [9.17, 15) is 9.90 Å². The van der Waals surface area contributed by atoms with Crippen LogP contribution in [0.25, 0.3) is 0 Å². The number of likely N-dealkylation sites (N-methyl/N-ethyl adjacent to an activating group) is 1. The molecule has 9 heteroatoms. The van der Waals surface area contributed by atoms with Gasteiger partial charge in [-0.15, -0.1) is 0 Å². The largest absolute Gasteiger partial charge is 0.859 e. The van der Waals surface area contributed by atoms with Gasteiger partial charge >= 0.3 is 0 Å². The van der Waals surface area contributed by atoms with Crippen LogP contribution in [-0.4, -0.2) is 37.0 Å². The molecule has 27 heavy (non-hydrogen) atoms. The van der Waals surface area contributed by atoms with Crippen molar-refractivity contribution in [2.45, 2.75) is 25.9 Å². The highest BCUT2D eigenvalue weighted by Gasteiger charge is 2.39. The monoisotopic (exact) mass is 391 g/mol. The van der Waals surface area contributed by atoms with Crippen LogP contribution >= 0.6 is 12.2 Å². The van der Waals surface area contributed by atoms with Crippen LogP contribution in [0.5, 0.6) is 23.1 Å². The van der Waals surface area contributed by atoms with Crippen LogP contribution < -0.4 is 29.8 Å². The molecule has 1 unspecified atom stereocenters. The number of methoxy groups -OCH3 is 1. The SMILES string of the molecule is CCn1c([O-])c([C@H]2c3c(cc4c(c3OC)OCO4)CC[NH+]2C)c(=O)[nH]c1=S. The molecule has 2 N–H and O–H groups in total. The van der Waals surface area contributed by atoms with Gasteiger partial charge in [-0.05, 0) is 36.7 Å². The van der Waals surface area contributed by atoms with Gasteiger partial charge in [0.2, 0.25) is 12.5 Å². The quantitative estimate of drug-likeness (QED) is 0.710. The molecule has 0 saturated heterocycles. The van der Waals surface area contributed by atoms with Crippen LogP contribution in [0.1, 0.15) is 29.7 Å². The summed E-state index contributed by atoms with van der Waals surface area (Å²) in [7, 11) is 3.52. The van der Waals surface area contributed by atoms with E-state index in [0.717, 1.165) is 29.0 Å². The minimum Gasteiger partial charge on any atom is -0.859 e. The number of rotatable bonds is 3. The Labute approximate surface area is 160 Å². The zero-order valence-electron chi connectivity index (χ0n) is 15.4. The second-order valence-electron chi connectivity index (χ2n) is 6.72. The number of hydrogen-bond donors (Lipinski definition) is 2. The van der Waals surface area contributed by atoms with Crippen LogP contribution in [0.4, 0.5) is 0 Å². The van der Waals surface area contributed by atoms with Gasteiger partial charge in [0.1, 0.15) is 6.04 Å². The highest BCUT2D eigenvalue weighted by Crippen LogP contribution is 2.48. The predicted octanol–water partition coefficient (Wildman–Crippen LogP) is -0.103. The standard InChI is InChI=1S/C18H21N3O5S/c1-4-21-17(23)12(16(22)19-18(21)27)13-11-9(5-6-20(13)2)7-10-14(15(11)24-3)26-8-25-10/h7,13,23H,4-6,8H2,1-3H3,(H,19,22,27)/t13-/m1/s1. The van der Waals surface area contributed by atoms with Gasteiger partial charge in [-0.3, -0.25) is 9.78 Å². The Hall–Kier alpha value is -2.52. The van der Waals surface area contributed by atoms with E-state index in [0.29, 0.717) is 23.8 Å². The van der Waals surface area contributed by atoms with Gasteiger partial charge in [0.05, 0.1) is 31.8 Å². The molecule has 0 radical (unpaired) electrons. The Bertz CT molecular complexity index is 1030. The number of hydrogen-bond acceptors (Lipinski definition) is 6. The van der Waals surface area contributed by atoms with Gasteiger partial charge in [0.15, 0.2) is 16.3 Å². The first-order chi connectivity index (χ1) is 13.0.